The van der Waals surface area contributed by atoms with Crippen molar-refractivity contribution in [2.75, 3.05) is 23.7 Å². The molecule has 0 aliphatic heterocycles. The Labute approximate surface area is 160 Å². The Morgan fingerprint density at radius 2 is 1.73 bits per heavy atom. The van der Waals surface area contributed by atoms with Crippen molar-refractivity contribution in [2.24, 2.45) is 0 Å². The number of anilines is 1. The normalized spacial score (nSPS) is 11.2. The number of rotatable bonds is 7. The van der Waals surface area contributed by atoms with E-state index in [4.69, 9.17) is 11.6 Å². The summed E-state index contributed by atoms with van der Waals surface area (Å²) in [6.07, 6.45) is 1.74. The Morgan fingerprint density at radius 3 is 2.31 bits per heavy atom. The molecule has 0 heterocycles. The quantitative estimate of drug-likeness (QED) is 0.784. The van der Waals surface area contributed by atoms with Crippen LogP contribution in [0.15, 0.2) is 42.5 Å². The average Bonchev–Trinajstić information content (AvgIpc) is 2.56. The molecule has 0 radical (unpaired) electrons. The van der Waals surface area contributed by atoms with E-state index in [1.54, 1.807) is 24.3 Å². The van der Waals surface area contributed by atoms with E-state index in [2.05, 4.69) is 5.32 Å². The molecule has 1 N–H and O–H groups in total. The molecule has 1 amide bonds. The number of amides is 1. The molecule has 2 aromatic rings. The lowest BCUT2D eigenvalue weighted by atomic mass is 10.1. The molecule has 26 heavy (non-hydrogen) atoms. The summed E-state index contributed by atoms with van der Waals surface area (Å²) in [5.41, 5.74) is 3.57. The van der Waals surface area contributed by atoms with Gasteiger partial charge in [-0.15, -0.1) is 0 Å². The van der Waals surface area contributed by atoms with Gasteiger partial charge in [0.15, 0.2) is 0 Å². The number of carbonyl (C=O) groups is 1. The van der Waals surface area contributed by atoms with Crippen molar-refractivity contribution >= 4 is 33.2 Å². The van der Waals surface area contributed by atoms with Crippen LogP contribution < -0.4 is 9.62 Å². The summed E-state index contributed by atoms with van der Waals surface area (Å²) in [4.78, 5) is 12.2. The fraction of sp³-hybridized carbons (Fsp3) is 0.316. The molecule has 0 aliphatic rings. The van der Waals surface area contributed by atoms with Crippen LogP contribution in [0.5, 0.6) is 0 Å². The minimum absolute atomic E-state index is 0.248. The number of hydrogen-bond acceptors (Lipinski definition) is 3. The maximum atomic E-state index is 12.2. The van der Waals surface area contributed by atoms with Crippen LogP contribution in [-0.4, -0.2) is 33.7 Å². The second-order valence-corrected chi connectivity index (χ2v) is 8.61. The van der Waals surface area contributed by atoms with Crippen molar-refractivity contribution in [1.82, 2.24) is 5.32 Å². The lowest BCUT2D eigenvalue weighted by Crippen LogP contribution is -2.41. The minimum Gasteiger partial charge on any atom is -0.354 e. The van der Waals surface area contributed by atoms with Gasteiger partial charge in [0.05, 0.1) is 11.9 Å². The zero-order chi connectivity index (χ0) is 19.3. The van der Waals surface area contributed by atoms with Crippen molar-refractivity contribution in [2.45, 2.75) is 20.3 Å². The summed E-state index contributed by atoms with van der Waals surface area (Å²) in [7, 11) is -3.57. The molecular formula is C19H23ClN2O3S. The molecule has 0 atom stereocenters. The molecular weight excluding hydrogens is 372 g/mol. The Kier molecular flexibility index (Phi) is 6.67. The monoisotopic (exact) mass is 394 g/mol. The van der Waals surface area contributed by atoms with Crippen LogP contribution in [0.1, 0.15) is 16.7 Å². The van der Waals surface area contributed by atoms with Gasteiger partial charge >= 0.3 is 0 Å². The third-order valence-electron chi connectivity index (χ3n) is 4.12. The fourth-order valence-corrected chi connectivity index (χ4v) is 3.44. The van der Waals surface area contributed by atoms with E-state index in [1.165, 1.54) is 0 Å². The smallest absolute Gasteiger partial charge is 0.240 e. The Morgan fingerprint density at radius 1 is 1.08 bits per heavy atom. The number of benzene rings is 2. The highest BCUT2D eigenvalue weighted by Gasteiger charge is 2.21. The topological polar surface area (TPSA) is 66.5 Å². The highest BCUT2D eigenvalue weighted by molar-refractivity contribution is 7.92. The Balaban J connectivity index is 2.00. The van der Waals surface area contributed by atoms with Gasteiger partial charge in [0.25, 0.3) is 0 Å². The van der Waals surface area contributed by atoms with E-state index in [1.807, 2.05) is 32.0 Å². The second-order valence-electron chi connectivity index (χ2n) is 6.26. The van der Waals surface area contributed by atoms with Crippen LogP contribution in [0.4, 0.5) is 5.69 Å². The third kappa shape index (κ3) is 5.75. The van der Waals surface area contributed by atoms with Gasteiger partial charge in [-0.05, 0) is 61.2 Å². The van der Waals surface area contributed by atoms with E-state index in [-0.39, 0.29) is 12.5 Å². The summed E-state index contributed by atoms with van der Waals surface area (Å²) in [5.74, 6) is -0.345. The zero-order valence-electron chi connectivity index (χ0n) is 15.1. The predicted molar refractivity (Wildman–Crippen MR) is 106 cm³/mol. The molecule has 0 aliphatic carbocycles. The number of carbonyl (C=O) groups excluding carboxylic acids is 1. The van der Waals surface area contributed by atoms with Crippen LogP contribution in [0.25, 0.3) is 0 Å². The molecule has 2 aromatic carbocycles. The van der Waals surface area contributed by atoms with Crippen molar-refractivity contribution in [3.8, 4) is 0 Å². The number of halogens is 1. The molecule has 2 rings (SSSR count). The van der Waals surface area contributed by atoms with Crippen molar-refractivity contribution < 1.29 is 13.2 Å². The minimum atomic E-state index is -3.57. The number of nitrogens with one attached hydrogen (secondary N) is 1. The van der Waals surface area contributed by atoms with Crippen LogP contribution in [0.3, 0.4) is 0 Å². The molecule has 140 valence electrons. The summed E-state index contributed by atoms with van der Waals surface area (Å²) in [6, 6.07) is 12.7. The highest BCUT2D eigenvalue weighted by Crippen LogP contribution is 2.21. The van der Waals surface area contributed by atoms with Crippen molar-refractivity contribution in [3.63, 3.8) is 0 Å². The first-order valence-corrected chi connectivity index (χ1v) is 10.5. The first kappa shape index (κ1) is 20.3. The second kappa shape index (κ2) is 8.56. The van der Waals surface area contributed by atoms with Gasteiger partial charge < -0.3 is 5.32 Å². The number of nitrogens with zero attached hydrogens (tertiary/aromatic N) is 1. The maximum Gasteiger partial charge on any atom is 0.240 e. The standard InChI is InChI=1S/C19H23ClN2O3S/c1-14-4-9-18(12-15(14)2)22(26(3,24)25)13-19(23)21-11-10-16-5-7-17(20)8-6-16/h4-9,12H,10-11,13H2,1-3H3,(H,21,23). The lowest BCUT2D eigenvalue weighted by molar-refractivity contribution is -0.119. The van der Waals surface area contributed by atoms with Crippen molar-refractivity contribution in [1.29, 1.82) is 0 Å². The lowest BCUT2D eigenvalue weighted by Gasteiger charge is -2.22. The zero-order valence-corrected chi connectivity index (χ0v) is 16.7. The summed E-state index contributed by atoms with van der Waals surface area (Å²) >= 11 is 5.84. The van der Waals surface area contributed by atoms with Crippen LogP contribution in [0.2, 0.25) is 5.02 Å². The van der Waals surface area contributed by atoms with E-state index in [0.717, 1.165) is 27.3 Å². The van der Waals surface area contributed by atoms with E-state index in [9.17, 15) is 13.2 Å². The first-order valence-electron chi connectivity index (χ1n) is 8.23. The largest absolute Gasteiger partial charge is 0.354 e. The molecule has 5 nitrogen and oxygen atoms in total. The number of aryl methyl sites for hydroxylation is 2. The van der Waals surface area contributed by atoms with E-state index >= 15 is 0 Å². The third-order valence-corrected chi connectivity index (χ3v) is 5.51. The van der Waals surface area contributed by atoms with Gasteiger partial charge in [0.1, 0.15) is 6.54 Å². The first-order chi connectivity index (χ1) is 12.2. The van der Waals surface area contributed by atoms with Gasteiger partial charge in [-0.25, -0.2) is 8.42 Å². The van der Waals surface area contributed by atoms with Crippen LogP contribution in [0, 0.1) is 13.8 Å². The maximum absolute atomic E-state index is 12.2. The average molecular weight is 395 g/mol. The predicted octanol–water partition coefficient (Wildman–Crippen LogP) is 3.08. The van der Waals surface area contributed by atoms with Gasteiger partial charge in [-0.3, -0.25) is 9.10 Å². The molecule has 0 saturated heterocycles. The Bertz CT molecular complexity index is 880. The summed E-state index contributed by atoms with van der Waals surface area (Å²) < 4.78 is 25.4. The summed E-state index contributed by atoms with van der Waals surface area (Å²) in [6.45, 7) is 4.03. The van der Waals surface area contributed by atoms with E-state index < -0.39 is 10.0 Å². The highest BCUT2D eigenvalue weighted by atomic mass is 35.5. The molecule has 0 spiro atoms. The SMILES string of the molecule is Cc1ccc(N(CC(=O)NCCc2ccc(Cl)cc2)S(C)(=O)=O)cc1C. The summed E-state index contributed by atoms with van der Waals surface area (Å²) in [5, 5.41) is 3.43. The Hall–Kier alpha value is -2.05. The molecule has 0 aromatic heterocycles. The van der Waals surface area contributed by atoms with Crippen LogP contribution in [-0.2, 0) is 21.2 Å². The van der Waals surface area contributed by atoms with Gasteiger partial charge in [0.2, 0.25) is 15.9 Å². The number of hydrogen-bond donors (Lipinski definition) is 1. The van der Waals surface area contributed by atoms with Gasteiger partial charge in [-0.2, -0.15) is 0 Å². The van der Waals surface area contributed by atoms with E-state index in [0.29, 0.717) is 23.7 Å². The molecule has 0 unspecified atom stereocenters. The van der Waals surface area contributed by atoms with Gasteiger partial charge in [-0.1, -0.05) is 29.8 Å². The van der Waals surface area contributed by atoms with Crippen LogP contribution >= 0.6 is 11.6 Å². The molecule has 0 fully saturated rings. The van der Waals surface area contributed by atoms with Gasteiger partial charge in [0, 0.05) is 11.6 Å². The molecule has 7 heteroatoms. The molecule has 0 bridgehead atoms. The molecule has 0 saturated carbocycles. The fourth-order valence-electron chi connectivity index (χ4n) is 2.46. The van der Waals surface area contributed by atoms with Crippen molar-refractivity contribution in [3.05, 3.63) is 64.2 Å². The number of sulfonamides is 1.